The number of hydrogen-bond donors (Lipinski definition) is 0. The molecular weight excluding hydrogens is 200 g/mol. The van der Waals surface area contributed by atoms with E-state index in [-0.39, 0.29) is 18.0 Å². The van der Waals surface area contributed by atoms with E-state index in [1.807, 2.05) is 5.38 Å². The van der Waals surface area contributed by atoms with Crippen molar-refractivity contribution in [2.24, 2.45) is 0 Å². The molecule has 0 saturated carbocycles. The maximum absolute atomic E-state index is 11.5. The largest absolute Gasteiger partial charge is 0.374 e. The summed E-state index contributed by atoms with van der Waals surface area (Å²) in [5.74, 6) is -0.306. The Bertz CT molecular complexity index is 316. The third-order valence-corrected chi connectivity index (χ3v) is 2.85. The number of hydrogen-bond acceptors (Lipinski definition) is 4. The number of ketones is 2. The molecule has 0 aliphatic heterocycles. The second-order valence-electron chi connectivity index (χ2n) is 2.92. The molecule has 0 aromatic carbocycles. The Labute approximate surface area is 86.7 Å². The maximum Gasteiger partial charge on any atom is 0.180 e. The van der Waals surface area contributed by atoms with Crippen LogP contribution in [-0.2, 0) is 9.53 Å². The minimum atomic E-state index is -0.501. The van der Waals surface area contributed by atoms with E-state index in [1.54, 1.807) is 19.1 Å². The number of carbonyl (C=O) groups excluding carboxylic acids is 2. The molecule has 0 aliphatic carbocycles. The molecule has 0 N–H and O–H groups in total. The topological polar surface area (TPSA) is 43.4 Å². The van der Waals surface area contributed by atoms with E-state index in [2.05, 4.69) is 0 Å². The van der Waals surface area contributed by atoms with Crippen LogP contribution in [0.2, 0.25) is 0 Å². The molecule has 14 heavy (non-hydrogen) atoms. The molecule has 0 aliphatic rings. The van der Waals surface area contributed by atoms with Gasteiger partial charge in [0.05, 0.1) is 11.3 Å². The van der Waals surface area contributed by atoms with Crippen molar-refractivity contribution >= 4 is 22.9 Å². The molecule has 4 heteroatoms. The van der Waals surface area contributed by atoms with Crippen molar-refractivity contribution in [3.63, 3.8) is 0 Å². The average Bonchev–Trinajstić information content (AvgIpc) is 2.69. The minimum absolute atomic E-state index is 0.0739. The summed E-state index contributed by atoms with van der Waals surface area (Å²) in [5, 5.41) is 1.82. The fourth-order valence-electron chi connectivity index (χ4n) is 0.958. The second-order valence-corrected chi connectivity index (χ2v) is 3.87. The number of methoxy groups -OCH3 is 1. The molecule has 1 aromatic heterocycles. The molecule has 0 spiro atoms. The van der Waals surface area contributed by atoms with Crippen molar-refractivity contribution in [3.8, 4) is 0 Å². The highest BCUT2D eigenvalue weighted by atomic mass is 32.1. The zero-order valence-electron chi connectivity index (χ0n) is 8.15. The van der Waals surface area contributed by atoms with Gasteiger partial charge in [0.1, 0.15) is 6.10 Å². The first-order chi connectivity index (χ1) is 6.65. The lowest BCUT2D eigenvalue weighted by Crippen LogP contribution is -2.21. The molecule has 0 fully saturated rings. The van der Waals surface area contributed by atoms with Crippen LogP contribution in [0, 0.1) is 0 Å². The Morgan fingerprint density at radius 1 is 1.57 bits per heavy atom. The number of ether oxygens (including phenoxy) is 1. The molecule has 3 nitrogen and oxygen atoms in total. The van der Waals surface area contributed by atoms with E-state index in [0.29, 0.717) is 4.88 Å². The SMILES string of the molecule is COC(C)C(=O)CC(=O)c1cccs1. The van der Waals surface area contributed by atoms with E-state index in [9.17, 15) is 9.59 Å². The highest BCUT2D eigenvalue weighted by Gasteiger charge is 2.17. The molecular formula is C10H12O3S. The van der Waals surface area contributed by atoms with Crippen molar-refractivity contribution < 1.29 is 14.3 Å². The molecule has 76 valence electrons. The Hall–Kier alpha value is -1.000. The van der Waals surface area contributed by atoms with Gasteiger partial charge in [0.15, 0.2) is 11.6 Å². The van der Waals surface area contributed by atoms with Gasteiger partial charge >= 0.3 is 0 Å². The lowest BCUT2D eigenvalue weighted by atomic mass is 10.1. The Kier molecular flexibility index (Phi) is 3.98. The first kappa shape index (κ1) is 11.1. The van der Waals surface area contributed by atoms with Crippen LogP contribution in [0.15, 0.2) is 17.5 Å². The maximum atomic E-state index is 11.5. The molecule has 0 amide bonds. The first-order valence-corrected chi connectivity index (χ1v) is 5.15. The number of thiophene rings is 1. The number of Topliss-reactive ketones (excluding diaryl/α,β-unsaturated/α-hetero) is 2. The monoisotopic (exact) mass is 212 g/mol. The average molecular weight is 212 g/mol. The third-order valence-electron chi connectivity index (χ3n) is 1.94. The van der Waals surface area contributed by atoms with E-state index in [4.69, 9.17) is 4.74 Å². The van der Waals surface area contributed by atoms with Crippen molar-refractivity contribution in [2.45, 2.75) is 19.4 Å². The van der Waals surface area contributed by atoms with Gasteiger partial charge in [0, 0.05) is 7.11 Å². The van der Waals surface area contributed by atoms with Gasteiger partial charge in [-0.1, -0.05) is 6.07 Å². The van der Waals surface area contributed by atoms with Crippen LogP contribution in [0.25, 0.3) is 0 Å². The number of carbonyl (C=O) groups is 2. The predicted molar refractivity (Wildman–Crippen MR) is 54.7 cm³/mol. The van der Waals surface area contributed by atoms with Crippen molar-refractivity contribution in [1.29, 1.82) is 0 Å². The van der Waals surface area contributed by atoms with Crippen LogP contribution < -0.4 is 0 Å². The molecule has 0 bridgehead atoms. The fraction of sp³-hybridized carbons (Fsp3) is 0.400. The van der Waals surface area contributed by atoms with Crippen LogP contribution in [0.1, 0.15) is 23.0 Å². The summed E-state index contributed by atoms with van der Waals surface area (Å²) in [6.07, 6.45) is -0.575. The van der Waals surface area contributed by atoms with Gasteiger partial charge in [-0.15, -0.1) is 11.3 Å². The molecule has 1 atom stereocenters. The zero-order chi connectivity index (χ0) is 10.6. The van der Waals surface area contributed by atoms with Gasteiger partial charge in [-0.3, -0.25) is 9.59 Å². The van der Waals surface area contributed by atoms with Gasteiger partial charge in [-0.25, -0.2) is 0 Å². The minimum Gasteiger partial charge on any atom is -0.374 e. The van der Waals surface area contributed by atoms with Crippen molar-refractivity contribution in [2.75, 3.05) is 7.11 Å². The van der Waals surface area contributed by atoms with Crippen LogP contribution in [-0.4, -0.2) is 24.8 Å². The second kappa shape index (κ2) is 5.02. The third kappa shape index (κ3) is 2.75. The van der Waals surface area contributed by atoms with Crippen LogP contribution in [0.4, 0.5) is 0 Å². The fourth-order valence-corrected chi connectivity index (χ4v) is 1.62. The van der Waals surface area contributed by atoms with E-state index in [1.165, 1.54) is 18.4 Å². The molecule has 1 rings (SSSR count). The molecule has 1 aromatic rings. The van der Waals surface area contributed by atoms with Gasteiger partial charge in [-0.2, -0.15) is 0 Å². The van der Waals surface area contributed by atoms with Gasteiger partial charge in [0.25, 0.3) is 0 Å². The summed E-state index contributed by atoms with van der Waals surface area (Å²) in [6, 6.07) is 3.51. The summed E-state index contributed by atoms with van der Waals surface area (Å²) in [5.41, 5.74) is 0. The Morgan fingerprint density at radius 2 is 2.29 bits per heavy atom. The van der Waals surface area contributed by atoms with E-state index < -0.39 is 6.10 Å². The predicted octanol–water partition coefficient (Wildman–Crippen LogP) is 1.92. The molecule has 0 saturated heterocycles. The van der Waals surface area contributed by atoms with Crippen molar-refractivity contribution in [1.82, 2.24) is 0 Å². The molecule has 1 heterocycles. The normalized spacial score (nSPS) is 12.4. The van der Waals surface area contributed by atoms with Crippen LogP contribution in [0.5, 0.6) is 0 Å². The summed E-state index contributed by atoms with van der Waals surface area (Å²) in [6.45, 7) is 1.64. The summed E-state index contributed by atoms with van der Waals surface area (Å²) in [4.78, 5) is 23.4. The standard InChI is InChI=1S/C10H12O3S/c1-7(13-2)8(11)6-9(12)10-4-3-5-14-10/h3-5,7H,6H2,1-2H3. The smallest absolute Gasteiger partial charge is 0.180 e. The van der Waals surface area contributed by atoms with E-state index in [0.717, 1.165) is 0 Å². The zero-order valence-corrected chi connectivity index (χ0v) is 8.97. The Morgan fingerprint density at radius 3 is 2.79 bits per heavy atom. The summed E-state index contributed by atoms with van der Waals surface area (Å²) in [7, 11) is 1.46. The van der Waals surface area contributed by atoms with Gasteiger partial charge < -0.3 is 4.74 Å². The lowest BCUT2D eigenvalue weighted by molar-refractivity contribution is -0.126. The highest BCUT2D eigenvalue weighted by molar-refractivity contribution is 7.12. The summed E-state index contributed by atoms with van der Waals surface area (Å²) >= 11 is 1.35. The summed E-state index contributed by atoms with van der Waals surface area (Å²) < 4.78 is 4.83. The first-order valence-electron chi connectivity index (χ1n) is 4.27. The molecule has 1 unspecified atom stereocenters. The highest BCUT2D eigenvalue weighted by Crippen LogP contribution is 2.12. The molecule has 0 radical (unpaired) electrons. The number of rotatable bonds is 5. The van der Waals surface area contributed by atoms with Crippen molar-refractivity contribution in [3.05, 3.63) is 22.4 Å². The Balaban J connectivity index is 2.54. The van der Waals surface area contributed by atoms with Gasteiger partial charge in [0.2, 0.25) is 0 Å². The van der Waals surface area contributed by atoms with Crippen LogP contribution >= 0.6 is 11.3 Å². The van der Waals surface area contributed by atoms with Crippen LogP contribution in [0.3, 0.4) is 0 Å². The lowest BCUT2D eigenvalue weighted by Gasteiger charge is -2.06. The van der Waals surface area contributed by atoms with Gasteiger partial charge in [-0.05, 0) is 18.4 Å². The van der Waals surface area contributed by atoms with E-state index >= 15 is 0 Å². The quantitative estimate of drug-likeness (QED) is 0.553.